The van der Waals surface area contributed by atoms with Crippen molar-refractivity contribution >= 4 is 23.3 Å². The molecule has 0 heterocycles. The minimum Gasteiger partial charge on any atom is -0.733 e. The van der Waals surface area contributed by atoms with Crippen LogP contribution >= 0.6 is 0 Å². The van der Waals surface area contributed by atoms with Gasteiger partial charge in [0, 0.05) is 5.41 Å². The monoisotopic (exact) mass is 594 g/mol. The molecule has 0 aliphatic heterocycles. The normalized spacial score (nSPS) is 35.3. The number of anilines is 1. The summed E-state index contributed by atoms with van der Waals surface area (Å²) < 4.78 is 0. The Kier molecular flexibility index (Phi) is 8.35. The number of hydrogen-bond acceptors (Lipinski definition) is 9. The Morgan fingerprint density at radius 3 is 2.65 bits per heavy atom. The number of carbonyl (C=O) groups excluding carboxylic acids is 1. The Balaban J connectivity index is 1.20. The van der Waals surface area contributed by atoms with Crippen LogP contribution in [0.1, 0.15) is 76.9 Å². The van der Waals surface area contributed by atoms with E-state index in [1.54, 1.807) is 0 Å². The van der Waals surface area contributed by atoms with E-state index in [1.807, 2.05) is 0 Å². The number of oxime groups is 1. The van der Waals surface area contributed by atoms with Crippen LogP contribution in [0.5, 0.6) is 0 Å². The summed E-state index contributed by atoms with van der Waals surface area (Å²) in [6, 6.07) is 3.41. The van der Waals surface area contributed by atoms with E-state index in [4.69, 9.17) is 16.5 Å². The van der Waals surface area contributed by atoms with Crippen molar-refractivity contribution in [1.29, 1.82) is 0 Å². The molecule has 1 aromatic carbocycles. The first kappa shape index (κ1) is 31.0. The minimum absolute atomic E-state index is 0.0233. The van der Waals surface area contributed by atoms with Crippen molar-refractivity contribution in [2.75, 3.05) is 11.8 Å². The van der Waals surface area contributed by atoms with Gasteiger partial charge >= 0.3 is 5.97 Å². The van der Waals surface area contributed by atoms with Crippen molar-refractivity contribution < 1.29 is 35.0 Å². The van der Waals surface area contributed by atoms with Crippen molar-refractivity contribution in [1.82, 2.24) is 5.32 Å². The lowest BCUT2D eigenvalue weighted by Crippen LogP contribution is -2.54. The average molecular weight is 595 g/mol. The van der Waals surface area contributed by atoms with Crippen LogP contribution in [0.15, 0.2) is 41.1 Å². The van der Waals surface area contributed by atoms with Crippen LogP contribution in [-0.4, -0.2) is 56.4 Å². The Hall–Kier alpha value is -3.43. The zero-order chi connectivity index (χ0) is 31.2. The molecule has 0 radical (unpaired) electrons. The molecule has 11 nitrogen and oxygen atoms in total. The second kappa shape index (κ2) is 11.6. The number of aliphatic hydroxyl groups is 2. The van der Waals surface area contributed by atoms with E-state index in [2.05, 4.69) is 36.3 Å². The number of benzene rings is 1. The van der Waals surface area contributed by atoms with E-state index >= 15 is 0 Å². The van der Waals surface area contributed by atoms with Gasteiger partial charge in [-0.2, -0.15) is 0 Å². The summed E-state index contributed by atoms with van der Waals surface area (Å²) in [7, 11) is 0. The number of fused-ring (bicyclic) bond motifs is 5. The summed E-state index contributed by atoms with van der Waals surface area (Å²) in [6.07, 6.45) is 13.3. The number of amides is 1. The molecule has 1 aromatic rings. The number of aliphatic carboxylic acids is 1. The fraction of sp³-hybridized carbons (Fsp3) is 0.594. The molecule has 0 bridgehead atoms. The van der Waals surface area contributed by atoms with Gasteiger partial charge in [-0.15, -0.1) is 6.42 Å². The lowest BCUT2D eigenvalue weighted by Gasteiger charge is -2.58. The van der Waals surface area contributed by atoms with Gasteiger partial charge < -0.3 is 35.9 Å². The number of allylic oxidation sites excluding steroid dienone is 2. The van der Waals surface area contributed by atoms with Gasteiger partial charge in [-0.05, 0) is 98.3 Å². The molecular formula is C32H40N3O8-. The van der Waals surface area contributed by atoms with Gasteiger partial charge in [0.15, 0.2) is 12.6 Å². The van der Waals surface area contributed by atoms with Gasteiger partial charge in [0.25, 0.3) is 5.91 Å². The Morgan fingerprint density at radius 1 is 1.21 bits per heavy atom. The molecule has 5 unspecified atom stereocenters. The standard InChI is InChI=1S/C32H40N3O8/c1-4-32(40)15-12-25-23-9-8-20-17-21(10-13-30(20,2)24(23)11-14-31(25,32)3)34-43-18-26(36)33-27(29(38)39)28(37)19-6-5-7-22(16-19)35(41)42/h1,5-7,16-17,23-25,27-28,37,40-41H,8-15,18H2,2-3H3,(H,33,36)(H,38,39)/q-1/t23?,24?,25?,27?,28?,30-,31-,32-/m0/s1. The van der Waals surface area contributed by atoms with Gasteiger partial charge in [0.1, 0.15) is 11.7 Å². The number of carbonyl (C=O) groups is 2. The zero-order valence-corrected chi connectivity index (χ0v) is 24.5. The van der Waals surface area contributed by atoms with Crippen LogP contribution in [0, 0.1) is 46.1 Å². The number of hydrogen-bond donors (Lipinski definition) is 5. The SMILES string of the molecule is C#C[C@]1(O)CCC2C3CCC4=CC(=NOCC(=O)NC(C(=O)O)C(O)c5cccc(N([O-])O)c5)CC[C@]4(C)C3CC[C@@]21C. The van der Waals surface area contributed by atoms with Crippen molar-refractivity contribution in [3.63, 3.8) is 0 Å². The molecule has 8 atom stereocenters. The summed E-state index contributed by atoms with van der Waals surface area (Å²) in [4.78, 5) is 29.6. The molecule has 1 amide bonds. The molecule has 5 rings (SSSR count). The number of rotatable bonds is 8. The number of carboxylic acids is 1. The quantitative estimate of drug-likeness (QED) is 0.222. The lowest BCUT2D eigenvalue weighted by molar-refractivity contribution is -0.146. The second-order valence-electron chi connectivity index (χ2n) is 13.1. The molecule has 0 saturated heterocycles. The third kappa shape index (κ3) is 5.42. The van der Waals surface area contributed by atoms with Crippen molar-refractivity contribution in [3.8, 4) is 12.3 Å². The molecular weight excluding hydrogens is 554 g/mol. The zero-order valence-electron chi connectivity index (χ0n) is 24.5. The molecule has 4 aliphatic rings. The topological polar surface area (TPSA) is 175 Å². The number of aliphatic hydroxyl groups excluding tert-OH is 1. The predicted molar refractivity (Wildman–Crippen MR) is 157 cm³/mol. The van der Waals surface area contributed by atoms with Gasteiger partial charge in [-0.1, -0.05) is 42.6 Å². The van der Waals surface area contributed by atoms with Crippen LogP contribution in [-0.2, 0) is 14.4 Å². The highest BCUT2D eigenvalue weighted by Crippen LogP contribution is 2.67. The maximum absolute atomic E-state index is 12.5. The van der Waals surface area contributed by atoms with E-state index < -0.39 is 41.5 Å². The Bertz CT molecular complexity index is 1370. The number of terminal acetylenes is 1. The van der Waals surface area contributed by atoms with E-state index in [0.29, 0.717) is 30.6 Å². The summed E-state index contributed by atoms with van der Waals surface area (Å²) in [5.74, 6) is 1.89. The van der Waals surface area contributed by atoms with Gasteiger partial charge in [0.2, 0.25) is 0 Å². The fourth-order valence-corrected chi connectivity index (χ4v) is 8.58. The van der Waals surface area contributed by atoms with Gasteiger partial charge in [-0.25, -0.2) is 4.79 Å². The van der Waals surface area contributed by atoms with E-state index in [0.717, 1.165) is 50.3 Å². The molecule has 3 saturated carbocycles. The Labute approximate surface area is 251 Å². The van der Waals surface area contributed by atoms with Crippen molar-refractivity contribution in [2.24, 2.45) is 33.7 Å². The number of nitrogens with zero attached hydrogens (tertiary/aromatic N) is 2. The molecule has 4 aliphatic carbocycles. The fourth-order valence-electron chi connectivity index (χ4n) is 8.58. The first-order chi connectivity index (χ1) is 20.3. The smallest absolute Gasteiger partial charge is 0.329 e. The molecule has 232 valence electrons. The molecule has 11 heteroatoms. The molecule has 0 aromatic heterocycles. The maximum atomic E-state index is 12.5. The third-order valence-electron chi connectivity index (χ3n) is 11.1. The Morgan fingerprint density at radius 2 is 1.95 bits per heavy atom. The average Bonchev–Trinajstić information content (AvgIpc) is 3.26. The molecule has 43 heavy (non-hydrogen) atoms. The van der Waals surface area contributed by atoms with Gasteiger partial charge in [0.05, 0.1) is 11.4 Å². The largest absolute Gasteiger partial charge is 0.733 e. The van der Waals surface area contributed by atoms with E-state index in [-0.39, 0.29) is 22.1 Å². The van der Waals surface area contributed by atoms with E-state index in [1.165, 1.54) is 23.8 Å². The summed E-state index contributed by atoms with van der Waals surface area (Å²) in [6.45, 7) is 3.98. The minimum atomic E-state index is -1.72. The van der Waals surface area contributed by atoms with Crippen LogP contribution in [0.25, 0.3) is 0 Å². The highest BCUT2D eigenvalue weighted by atomic mass is 16.8. The van der Waals surface area contributed by atoms with Gasteiger partial charge in [-0.3, -0.25) is 10.0 Å². The first-order valence-electron chi connectivity index (χ1n) is 14.9. The second-order valence-corrected chi connectivity index (χ2v) is 13.1. The van der Waals surface area contributed by atoms with Crippen molar-refractivity contribution in [3.05, 3.63) is 46.7 Å². The number of carboxylic acid groups (broad SMARTS) is 1. The molecule has 0 spiro atoms. The van der Waals surface area contributed by atoms with Crippen LogP contribution < -0.4 is 10.5 Å². The first-order valence-corrected chi connectivity index (χ1v) is 14.9. The summed E-state index contributed by atoms with van der Waals surface area (Å²) >= 11 is 0. The molecule has 5 N–H and O–H groups in total. The predicted octanol–water partition coefficient (Wildman–Crippen LogP) is 3.68. The highest BCUT2D eigenvalue weighted by Gasteiger charge is 2.63. The van der Waals surface area contributed by atoms with Crippen LogP contribution in [0.3, 0.4) is 0 Å². The molecule has 3 fully saturated rings. The van der Waals surface area contributed by atoms with Crippen molar-refractivity contribution in [2.45, 2.75) is 83.0 Å². The van der Waals surface area contributed by atoms with E-state index in [9.17, 15) is 30.1 Å². The highest BCUT2D eigenvalue weighted by molar-refractivity contribution is 5.96. The lowest BCUT2D eigenvalue weighted by atomic mass is 9.46. The summed E-state index contributed by atoms with van der Waals surface area (Å²) in [5.41, 5.74) is 0.634. The number of nitrogens with one attached hydrogen (secondary N) is 1. The van der Waals surface area contributed by atoms with Crippen LogP contribution in [0.4, 0.5) is 5.69 Å². The maximum Gasteiger partial charge on any atom is 0.329 e. The van der Waals surface area contributed by atoms with Crippen LogP contribution in [0.2, 0.25) is 0 Å². The third-order valence-corrected chi connectivity index (χ3v) is 11.1. The summed E-state index contributed by atoms with van der Waals surface area (Å²) in [5, 5.41) is 57.6.